The highest BCUT2D eigenvalue weighted by Crippen LogP contribution is 2.19. The molecule has 7 heteroatoms. The van der Waals surface area contributed by atoms with Crippen molar-refractivity contribution < 1.29 is 14.4 Å². The van der Waals surface area contributed by atoms with Crippen LogP contribution < -0.4 is 10.6 Å². The van der Waals surface area contributed by atoms with Crippen molar-refractivity contribution >= 4 is 35.8 Å². The Bertz CT molecular complexity index is 377. The molecule has 1 atom stereocenters. The quantitative estimate of drug-likeness (QED) is 0.698. The number of aromatic nitrogens is 1. The van der Waals surface area contributed by atoms with Crippen LogP contribution in [0.2, 0.25) is 0 Å². The number of carbonyl (C=O) groups is 3. The van der Waals surface area contributed by atoms with Crippen LogP contribution in [0.5, 0.6) is 0 Å². The third kappa shape index (κ3) is 3.13. The Morgan fingerprint density at radius 3 is 2.87 bits per heavy atom. The third-order valence-electron chi connectivity index (χ3n) is 1.49. The van der Waals surface area contributed by atoms with Gasteiger partial charge in [0.05, 0.1) is 0 Å². The predicted molar refractivity (Wildman–Crippen MR) is 54.4 cm³/mol. The molecule has 0 radical (unpaired) electrons. The maximum Gasteiger partial charge on any atom is 0.217 e. The first-order chi connectivity index (χ1) is 7.17. The van der Waals surface area contributed by atoms with E-state index in [-0.39, 0.29) is 5.91 Å². The largest absolute Gasteiger partial charge is 0.341 e. The number of rotatable bonds is 5. The van der Waals surface area contributed by atoms with E-state index in [1.54, 1.807) is 5.38 Å². The van der Waals surface area contributed by atoms with Gasteiger partial charge in [-0.3, -0.25) is 9.59 Å². The van der Waals surface area contributed by atoms with Crippen LogP contribution in [0.4, 0.5) is 5.82 Å². The van der Waals surface area contributed by atoms with Crippen molar-refractivity contribution in [3.8, 4) is 0 Å². The van der Waals surface area contributed by atoms with Crippen LogP contribution in [-0.2, 0) is 14.4 Å². The molecule has 0 aromatic carbocycles. The summed E-state index contributed by atoms with van der Waals surface area (Å²) < 4.78 is 0. The van der Waals surface area contributed by atoms with Crippen molar-refractivity contribution in [2.75, 3.05) is 5.32 Å². The number of anilines is 1. The molecule has 1 rings (SSSR count). The SMILES string of the molecule is CC(=O)NC(C=O)c1nc(NC=O)cs1. The van der Waals surface area contributed by atoms with Gasteiger partial charge >= 0.3 is 0 Å². The molecule has 0 aliphatic heterocycles. The molecule has 1 aromatic rings. The van der Waals surface area contributed by atoms with Gasteiger partial charge in [0, 0.05) is 12.3 Å². The summed E-state index contributed by atoms with van der Waals surface area (Å²) in [7, 11) is 0. The van der Waals surface area contributed by atoms with Crippen LogP contribution in [-0.4, -0.2) is 23.6 Å². The Kier molecular flexibility index (Phi) is 3.92. The van der Waals surface area contributed by atoms with Gasteiger partial charge in [0.15, 0.2) is 0 Å². The van der Waals surface area contributed by atoms with Crippen LogP contribution in [0.15, 0.2) is 5.38 Å². The Labute approximate surface area is 89.7 Å². The van der Waals surface area contributed by atoms with E-state index in [4.69, 9.17) is 0 Å². The summed E-state index contributed by atoms with van der Waals surface area (Å²) in [4.78, 5) is 35.5. The predicted octanol–water partition coefficient (Wildman–Crippen LogP) is 0.0875. The number of nitrogens with zero attached hydrogens (tertiary/aromatic N) is 1. The number of nitrogens with one attached hydrogen (secondary N) is 2. The van der Waals surface area contributed by atoms with Gasteiger partial charge in [-0.05, 0) is 0 Å². The second-order valence-corrected chi connectivity index (χ2v) is 3.54. The molecule has 0 saturated heterocycles. The van der Waals surface area contributed by atoms with E-state index in [1.165, 1.54) is 18.3 Å². The first kappa shape index (κ1) is 11.3. The standard InChI is InChI=1S/C8H9N3O3S/c1-5(14)10-6(2-12)8-11-7(3-15-8)9-4-13/h2-4,6H,1H3,(H,9,13)(H,10,14). The number of thiazole rings is 1. The minimum absolute atomic E-state index is 0.313. The minimum Gasteiger partial charge on any atom is -0.341 e. The number of aldehydes is 1. The fourth-order valence-electron chi connectivity index (χ4n) is 0.930. The van der Waals surface area contributed by atoms with Gasteiger partial charge in [0.1, 0.15) is 23.2 Å². The van der Waals surface area contributed by atoms with Gasteiger partial charge in [-0.15, -0.1) is 11.3 Å². The molecular formula is C8H9N3O3S. The fourth-order valence-corrected chi connectivity index (χ4v) is 1.70. The molecule has 0 spiro atoms. The van der Waals surface area contributed by atoms with Gasteiger partial charge in [-0.25, -0.2) is 4.98 Å². The monoisotopic (exact) mass is 227 g/mol. The lowest BCUT2D eigenvalue weighted by Crippen LogP contribution is -2.26. The van der Waals surface area contributed by atoms with Crippen molar-refractivity contribution in [1.29, 1.82) is 0 Å². The second kappa shape index (κ2) is 5.20. The van der Waals surface area contributed by atoms with Crippen molar-refractivity contribution in [2.24, 2.45) is 0 Å². The van der Waals surface area contributed by atoms with E-state index in [2.05, 4.69) is 15.6 Å². The lowest BCUT2D eigenvalue weighted by molar-refractivity contribution is -0.122. The molecule has 2 amide bonds. The highest BCUT2D eigenvalue weighted by molar-refractivity contribution is 7.10. The van der Waals surface area contributed by atoms with Crippen molar-refractivity contribution in [2.45, 2.75) is 13.0 Å². The highest BCUT2D eigenvalue weighted by Gasteiger charge is 2.15. The van der Waals surface area contributed by atoms with E-state index in [0.717, 1.165) is 0 Å². The Hall–Kier alpha value is -1.76. The topological polar surface area (TPSA) is 88.2 Å². The maximum absolute atomic E-state index is 10.8. The zero-order chi connectivity index (χ0) is 11.3. The van der Waals surface area contributed by atoms with E-state index in [0.29, 0.717) is 23.5 Å². The summed E-state index contributed by atoms with van der Waals surface area (Å²) in [5.41, 5.74) is 0. The van der Waals surface area contributed by atoms with Crippen LogP contribution in [0.25, 0.3) is 0 Å². The zero-order valence-electron chi connectivity index (χ0n) is 7.89. The average Bonchev–Trinajstić information content (AvgIpc) is 2.63. The molecule has 15 heavy (non-hydrogen) atoms. The molecular weight excluding hydrogens is 218 g/mol. The Morgan fingerprint density at radius 2 is 2.33 bits per heavy atom. The van der Waals surface area contributed by atoms with E-state index >= 15 is 0 Å². The number of amides is 2. The molecule has 0 fully saturated rings. The zero-order valence-corrected chi connectivity index (χ0v) is 8.71. The van der Waals surface area contributed by atoms with Gasteiger partial charge in [-0.2, -0.15) is 0 Å². The lowest BCUT2D eigenvalue weighted by Gasteiger charge is -2.06. The Morgan fingerprint density at radius 1 is 1.60 bits per heavy atom. The number of hydrogen-bond donors (Lipinski definition) is 2. The fraction of sp³-hybridized carbons (Fsp3) is 0.250. The summed E-state index contributed by atoms with van der Waals surface area (Å²) in [5.74, 6) is 0.0504. The van der Waals surface area contributed by atoms with Gasteiger partial charge in [-0.1, -0.05) is 0 Å². The molecule has 0 aliphatic rings. The molecule has 0 saturated carbocycles. The normalized spacial score (nSPS) is 11.5. The van der Waals surface area contributed by atoms with Crippen molar-refractivity contribution in [3.05, 3.63) is 10.4 Å². The van der Waals surface area contributed by atoms with Crippen LogP contribution in [0.3, 0.4) is 0 Å². The van der Waals surface area contributed by atoms with E-state index in [1.807, 2.05) is 0 Å². The number of carbonyl (C=O) groups excluding carboxylic acids is 3. The van der Waals surface area contributed by atoms with Crippen molar-refractivity contribution in [3.63, 3.8) is 0 Å². The first-order valence-electron chi connectivity index (χ1n) is 4.05. The summed E-state index contributed by atoms with van der Waals surface area (Å²) >= 11 is 1.19. The van der Waals surface area contributed by atoms with Crippen LogP contribution in [0, 0.1) is 0 Å². The molecule has 80 valence electrons. The molecule has 2 N–H and O–H groups in total. The van der Waals surface area contributed by atoms with Gasteiger partial charge in [0.2, 0.25) is 12.3 Å². The average molecular weight is 227 g/mol. The van der Waals surface area contributed by atoms with Crippen molar-refractivity contribution in [1.82, 2.24) is 10.3 Å². The summed E-state index contributed by atoms with van der Waals surface area (Å²) in [5, 5.41) is 6.80. The second-order valence-electron chi connectivity index (χ2n) is 2.65. The molecule has 1 aromatic heterocycles. The summed E-state index contributed by atoms with van der Waals surface area (Å²) in [6, 6.07) is -0.755. The smallest absolute Gasteiger partial charge is 0.217 e. The Balaban J connectivity index is 2.77. The van der Waals surface area contributed by atoms with E-state index in [9.17, 15) is 14.4 Å². The van der Waals surface area contributed by atoms with Gasteiger partial charge < -0.3 is 15.4 Å². The van der Waals surface area contributed by atoms with Crippen LogP contribution in [0.1, 0.15) is 18.0 Å². The number of hydrogen-bond acceptors (Lipinski definition) is 5. The summed E-state index contributed by atoms with van der Waals surface area (Å²) in [6.07, 6.45) is 1.08. The van der Waals surface area contributed by atoms with Gasteiger partial charge in [0.25, 0.3) is 0 Å². The molecule has 0 bridgehead atoms. The highest BCUT2D eigenvalue weighted by atomic mass is 32.1. The molecule has 0 aliphatic carbocycles. The third-order valence-corrected chi connectivity index (χ3v) is 2.42. The van der Waals surface area contributed by atoms with Crippen LogP contribution >= 0.6 is 11.3 Å². The molecule has 1 unspecified atom stereocenters. The lowest BCUT2D eigenvalue weighted by atomic mass is 10.3. The summed E-state index contributed by atoms with van der Waals surface area (Å²) in [6.45, 7) is 1.31. The maximum atomic E-state index is 10.8. The van der Waals surface area contributed by atoms with E-state index < -0.39 is 6.04 Å². The molecule has 6 nitrogen and oxygen atoms in total. The minimum atomic E-state index is -0.755. The molecule has 1 heterocycles. The first-order valence-corrected chi connectivity index (χ1v) is 4.93.